The lowest BCUT2D eigenvalue weighted by Gasteiger charge is -2.19. The monoisotopic (exact) mass is 361 g/mol. The van der Waals surface area contributed by atoms with Crippen LogP contribution >= 0.6 is 36.0 Å². The summed E-state index contributed by atoms with van der Waals surface area (Å²) in [5.41, 5.74) is 1.14. The van der Waals surface area contributed by atoms with Crippen LogP contribution in [0, 0.1) is 23.3 Å². The first-order valence-corrected chi connectivity index (χ1v) is 7.59. The highest BCUT2D eigenvalue weighted by molar-refractivity contribution is 7.72. The number of aryl methyl sites for hydroxylation is 2. The van der Waals surface area contributed by atoms with Crippen molar-refractivity contribution in [3.63, 3.8) is 0 Å². The Morgan fingerprint density at radius 2 is 1.82 bits per heavy atom. The molecule has 0 atom stereocenters. The van der Waals surface area contributed by atoms with Crippen LogP contribution in [0.3, 0.4) is 0 Å². The summed E-state index contributed by atoms with van der Waals surface area (Å²) < 4.78 is 30.4. The Balaban J connectivity index is 2.85. The van der Waals surface area contributed by atoms with Crippen molar-refractivity contribution >= 4 is 36.0 Å². The predicted octanol–water partition coefficient (Wildman–Crippen LogP) is 5.05. The van der Waals surface area contributed by atoms with E-state index >= 15 is 0 Å². The molecule has 0 saturated heterocycles. The lowest BCUT2D eigenvalue weighted by molar-refractivity contribution is 0.00860. The predicted molar refractivity (Wildman–Crippen MR) is 88.3 cm³/mol. The third-order valence-corrected chi connectivity index (χ3v) is 4.44. The van der Waals surface area contributed by atoms with Gasteiger partial charge in [-0.1, -0.05) is 23.8 Å². The molecule has 22 heavy (non-hydrogen) atoms. The number of rotatable bonds is 2. The van der Waals surface area contributed by atoms with Crippen molar-refractivity contribution in [1.82, 2.24) is 14.1 Å². The maximum Gasteiger partial charge on any atom is 0.285 e. The minimum atomic E-state index is -3.03. The van der Waals surface area contributed by atoms with Crippen LogP contribution in [0.25, 0.3) is 5.82 Å². The van der Waals surface area contributed by atoms with E-state index in [2.05, 4.69) is 4.98 Å². The first-order valence-electron chi connectivity index (χ1n) is 6.39. The van der Waals surface area contributed by atoms with Crippen LogP contribution < -0.4 is 0 Å². The zero-order chi connectivity index (χ0) is 16.8. The summed E-state index contributed by atoms with van der Waals surface area (Å²) in [4.78, 5) is 4.39. The Kier molecular flexibility index (Phi) is 4.52. The second kappa shape index (κ2) is 5.79. The second-order valence-corrected chi connectivity index (χ2v) is 6.32. The summed E-state index contributed by atoms with van der Waals surface area (Å²) in [6.45, 7) is 4.38. The van der Waals surface area contributed by atoms with Gasteiger partial charge < -0.3 is 4.57 Å². The quantitative estimate of drug-likeness (QED) is 0.699. The summed E-state index contributed by atoms with van der Waals surface area (Å²) in [6.07, 6.45) is 0. The van der Waals surface area contributed by atoms with Gasteiger partial charge in [0, 0.05) is 14.0 Å². The van der Waals surface area contributed by atoms with Crippen LogP contribution in [0.1, 0.15) is 23.9 Å². The van der Waals surface area contributed by atoms with Crippen LogP contribution in [0.15, 0.2) is 12.1 Å². The Morgan fingerprint density at radius 3 is 2.36 bits per heavy atom. The molecule has 118 valence electrons. The lowest BCUT2D eigenvalue weighted by atomic mass is 10.2. The van der Waals surface area contributed by atoms with Gasteiger partial charge in [0.05, 0.1) is 16.4 Å². The molecule has 0 radical (unpaired) electrons. The SMILES string of the molecule is Cc1cc(Cl)c(C)nc1-n1c(=S)cc(C(C)(F)F)n(C)c1=S. The molecule has 0 fully saturated rings. The smallest absolute Gasteiger partial charge is 0.285 e. The summed E-state index contributed by atoms with van der Waals surface area (Å²) in [5.74, 6) is -2.54. The Morgan fingerprint density at radius 1 is 1.23 bits per heavy atom. The van der Waals surface area contributed by atoms with Crippen molar-refractivity contribution in [2.45, 2.75) is 26.7 Å². The third kappa shape index (κ3) is 2.98. The van der Waals surface area contributed by atoms with Crippen molar-refractivity contribution in [2.75, 3.05) is 0 Å². The minimum Gasteiger partial charge on any atom is -0.319 e. The van der Waals surface area contributed by atoms with E-state index in [1.54, 1.807) is 13.0 Å². The molecule has 2 aromatic heterocycles. The van der Waals surface area contributed by atoms with E-state index in [-0.39, 0.29) is 15.1 Å². The van der Waals surface area contributed by atoms with Crippen molar-refractivity contribution in [3.05, 3.63) is 43.5 Å². The normalized spacial score (nSPS) is 11.8. The van der Waals surface area contributed by atoms with Crippen molar-refractivity contribution in [2.24, 2.45) is 7.05 Å². The highest BCUT2D eigenvalue weighted by atomic mass is 35.5. The van der Waals surface area contributed by atoms with Crippen molar-refractivity contribution in [1.29, 1.82) is 0 Å². The van der Waals surface area contributed by atoms with Gasteiger partial charge in [0.2, 0.25) is 0 Å². The van der Waals surface area contributed by atoms with Crippen LogP contribution in [0.2, 0.25) is 5.02 Å². The largest absolute Gasteiger partial charge is 0.319 e. The van der Waals surface area contributed by atoms with Crippen molar-refractivity contribution < 1.29 is 8.78 Å². The average molecular weight is 362 g/mol. The first-order chi connectivity index (χ1) is 10.0. The zero-order valence-electron chi connectivity index (χ0n) is 12.4. The van der Waals surface area contributed by atoms with E-state index < -0.39 is 5.92 Å². The Labute approximate surface area is 142 Å². The van der Waals surface area contributed by atoms with E-state index in [1.165, 1.54) is 22.2 Å². The fraction of sp³-hybridized carbons (Fsp3) is 0.357. The average Bonchev–Trinajstić information content (AvgIpc) is 2.38. The van der Waals surface area contributed by atoms with E-state index in [0.717, 1.165) is 12.5 Å². The molecule has 0 bridgehead atoms. The highest BCUT2D eigenvalue weighted by Crippen LogP contribution is 2.28. The van der Waals surface area contributed by atoms with Crippen LogP contribution in [-0.2, 0) is 13.0 Å². The second-order valence-electron chi connectivity index (χ2n) is 5.13. The fourth-order valence-corrected chi connectivity index (χ4v) is 2.96. The molecule has 0 aliphatic heterocycles. The van der Waals surface area contributed by atoms with Crippen LogP contribution in [-0.4, -0.2) is 14.1 Å². The number of aromatic nitrogens is 3. The van der Waals surface area contributed by atoms with Gasteiger partial charge in [-0.15, -0.1) is 0 Å². The lowest BCUT2D eigenvalue weighted by Crippen LogP contribution is -2.20. The van der Waals surface area contributed by atoms with Gasteiger partial charge in [-0.3, -0.25) is 4.57 Å². The molecule has 0 saturated carbocycles. The number of pyridine rings is 1. The molecular weight excluding hydrogens is 348 g/mol. The first kappa shape index (κ1) is 17.2. The van der Waals surface area contributed by atoms with Crippen LogP contribution in [0.5, 0.6) is 0 Å². The molecule has 0 N–H and O–H groups in total. The maximum absolute atomic E-state index is 13.7. The summed E-state index contributed by atoms with van der Waals surface area (Å²) in [6, 6.07) is 2.99. The molecule has 2 heterocycles. The van der Waals surface area contributed by atoms with Gasteiger partial charge in [0.1, 0.15) is 10.5 Å². The van der Waals surface area contributed by atoms with Gasteiger partial charge in [-0.05, 0) is 43.8 Å². The highest BCUT2D eigenvalue weighted by Gasteiger charge is 2.28. The molecule has 3 nitrogen and oxygen atoms in total. The van der Waals surface area contributed by atoms with Gasteiger partial charge in [0.25, 0.3) is 5.92 Å². The van der Waals surface area contributed by atoms with E-state index in [9.17, 15) is 8.78 Å². The molecule has 0 amide bonds. The number of alkyl halides is 2. The molecular formula is C14H14ClF2N3S2. The Bertz CT molecular complexity index is 866. The number of halogens is 3. The Hall–Kier alpha value is -1.18. The molecule has 0 aliphatic rings. The molecule has 0 aliphatic carbocycles. The van der Waals surface area contributed by atoms with Crippen LogP contribution in [0.4, 0.5) is 8.78 Å². The van der Waals surface area contributed by atoms with Gasteiger partial charge in [-0.2, -0.15) is 0 Å². The molecule has 2 rings (SSSR count). The van der Waals surface area contributed by atoms with E-state index in [4.69, 9.17) is 36.0 Å². The molecule has 0 unspecified atom stereocenters. The fourth-order valence-electron chi connectivity index (χ4n) is 2.13. The summed E-state index contributed by atoms with van der Waals surface area (Å²) >= 11 is 16.6. The maximum atomic E-state index is 13.7. The number of hydrogen-bond acceptors (Lipinski definition) is 3. The molecule has 2 aromatic rings. The topological polar surface area (TPSA) is 22.8 Å². The minimum absolute atomic E-state index is 0.154. The van der Waals surface area contributed by atoms with Gasteiger partial charge >= 0.3 is 0 Å². The molecule has 0 aromatic carbocycles. The standard InChI is InChI=1S/C14H14ClF2N3S2/c1-7-5-9(15)8(2)18-12(7)20-11(21)6-10(14(3,16)17)19(4)13(20)22/h5-6H,1-4H3. The molecule has 0 spiro atoms. The number of nitrogens with zero attached hydrogens (tertiary/aromatic N) is 3. The van der Waals surface area contributed by atoms with Gasteiger partial charge in [0.15, 0.2) is 4.77 Å². The number of hydrogen-bond donors (Lipinski definition) is 0. The van der Waals surface area contributed by atoms with Gasteiger partial charge in [-0.25, -0.2) is 13.8 Å². The van der Waals surface area contributed by atoms with Crippen molar-refractivity contribution in [3.8, 4) is 5.82 Å². The zero-order valence-corrected chi connectivity index (χ0v) is 14.8. The molecule has 8 heteroatoms. The summed E-state index contributed by atoms with van der Waals surface area (Å²) in [7, 11) is 1.48. The van der Waals surface area contributed by atoms with E-state index in [0.29, 0.717) is 16.5 Å². The summed E-state index contributed by atoms with van der Waals surface area (Å²) in [5, 5.41) is 0.528. The third-order valence-electron chi connectivity index (χ3n) is 3.30. The van der Waals surface area contributed by atoms with E-state index in [1.807, 2.05) is 6.92 Å².